The van der Waals surface area contributed by atoms with Crippen LogP contribution in [-0.4, -0.2) is 35.8 Å². The number of fused-ring (bicyclic) bond motifs is 1. The standard InChI is InChI=1S/C19H16ClF3N4O3/c1-26(3-2-24)17-12(23)4-8-16(15(17)20)27(7-9(18(8)28)19(29)30)14-6-13(25)10(21)5-11(14)22/h4-7H,2-3,24-25H2,1H3,(H,29,30). The van der Waals surface area contributed by atoms with Gasteiger partial charge >= 0.3 is 5.97 Å². The normalized spacial score (nSPS) is 11.1. The Bertz CT molecular complexity index is 1250. The highest BCUT2D eigenvalue weighted by atomic mass is 35.5. The molecule has 0 aliphatic rings. The molecular weight excluding hydrogens is 425 g/mol. The minimum Gasteiger partial charge on any atom is -0.477 e. The number of hydrogen-bond acceptors (Lipinski definition) is 5. The van der Waals surface area contributed by atoms with Gasteiger partial charge in [0.25, 0.3) is 0 Å². The number of rotatable bonds is 5. The van der Waals surface area contributed by atoms with E-state index in [2.05, 4.69) is 0 Å². The molecule has 0 fully saturated rings. The van der Waals surface area contributed by atoms with E-state index in [0.717, 1.165) is 22.9 Å². The maximum absolute atomic E-state index is 14.8. The van der Waals surface area contributed by atoms with Crippen molar-refractivity contribution in [1.82, 2.24) is 4.57 Å². The van der Waals surface area contributed by atoms with Crippen molar-refractivity contribution < 1.29 is 23.1 Å². The number of pyridine rings is 1. The summed E-state index contributed by atoms with van der Waals surface area (Å²) in [6.45, 7) is 0.371. The molecule has 0 amide bonds. The van der Waals surface area contributed by atoms with Gasteiger partial charge in [-0.05, 0) is 12.1 Å². The smallest absolute Gasteiger partial charge is 0.341 e. The molecule has 7 nitrogen and oxygen atoms in total. The Balaban J connectivity index is 2.54. The zero-order chi connectivity index (χ0) is 22.3. The van der Waals surface area contributed by atoms with E-state index in [1.165, 1.54) is 11.9 Å². The first kappa shape index (κ1) is 21.5. The number of carboxylic acids is 1. The lowest BCUT2D eigenvalue weighted by atomic mass is 10.1. The van der Waals surface area contributed by atoms with Gasteiger partial charge in [-0.1, -0.05) is 11.6 Å². The van der Waals surface area contributed by atoms with E-state index in [4.69, 9.17) is 23.1 Å². The Morgan fingerprint density at radius 1 is 1.20 bits per heavy atom. The number of anilines is 2. The fourth-order valence-corrected chi connectivity index (χ4v) is 3.57. The van der Waals surface area contributed by atoms with E-state index < -0.39 is 45.5 Å². The molecule has 30 heavy (non-hydrogen) atoms. The first-order valence-electron chi connectivity index (χ1n) is 8.55. The van der Waals surface area contributed by atoms with Crippen molar-refractivity contribution in [3.63, 3.8) is 0 Å². The van der Waals surface area contributed by atoms with Crippen LogP contribution in [0.1, 0.15) is 10.4 Å². The highest BCUT2D eigenvalue weighted by Gasteiger charge is 2.24. The number of aromatic nitrogens is 1. The minimum atomic E-state index is -1.62. The van der Waals surface area contributed by atoms with Gasteiger partial charge in [0.05, 0.1) is 33.0 Å². The van der Waals surface area contributed by atoms with Crippen LogP contribution in [0.2, 0.25) is 5.02 Å². The Morgan fingerprint density at radius 3 is 2.47 bits per heavy atom. The summed E-state index contributed by atoms with van der Waals surface area (Å²) in [5, 5.41) is 8.70. The summed E-state index contributed by atoms with van der Waals surface area (Å²) in [4.78, 5) is 25.6. The first-order valence-corrected chi connectivity index (χ1v) is 8.93. The van der Waals surface area contributed by atoms with E-state index in [-0.39, 0.29) is 35.0 Å². The molecule has 3 aromatic rings. The fraction of sp³-hybridized carbons (Fsp3) is 0.158. The second-order valence-electron chi connectivity index (χ2n) is 6.50. The molecule has 11 heteroatoms. The molecular formula is C19H16ClF3N4O3. The third-order valence-corrected chi connectivity index (χ3v) is 4.92. The average Bonchev–Trinajstić information content (AvgIpc) is 2.65. The third kappa shape index (κ3) is 3.44. The van der Waals surface area contributed by atoms with Crippen LogP contribution >= 0.6 is 11.6 Å². The van der Waals surface area contributed by atoms with Crippen LogP contribution in [0.4, 0.5) is 24.5 Å². The summed E-state index contributed by atoms with van der Waals surface area (Å²) < 4.78 is 43.9. The molecule has 0 bridgehead atoms. The predicted molar refractivity (Wildman–Crippen MR) is 108 cm³/mol. The number of benzene rings is 2. The van der Waals surface area contributed by atoms with Gasteiger partial charge < -0.3 is 26.0 Å². The van der Waals surface area contributed by atoms with Gasteiger partial charge in [-0.15, -0.1) is 0 Å². The SMILES string of the molecule is CN(CCN)c1c(F)cc2c(=O)c(C(=O)O)cn(-c3cc(N)c(F)cc3F)c2c1Cl. The van der Waals surface area contributed by atoms with E-state index >= 15 is 0 Å². The summed E-state index contributed by atoms with van der Waals surface area (Å²) >= 11 is 6.40. The number of nitrogen functional groups attached to an aromatic ring is 1. The van der Waals surface area contributed by atoms with Crippen molar-refractivity contribution in [2.24, 2.45) is 5.73 Å². The molecule has 0 aliphatic carbocycles. The van der Waals surface area contributed by atoms with Crippen molar-refractivity contribution in [2.45, 2.75) is 0 Å². The van der Waals surface area contributed by atoms with E-state index in [0.29, 0.717) is 6.07 Å². The number of carbonyl (C=O) groups is 1. The number of aromatic carboxylic acids is 1. The quantitative estimate of drug-likeness (QED) is 0.525. The van der Waals surface area contributed by atoms with Crippen LogP contribution in [0.3, 0.4) is 0 Å². The molecule has 158 valence electrons. The summed E-state index contributed by atoms with van der Waals surface area (Å²) in [5.41, 5.74) is 8.17. The number of likely N-dealkylation sites (N-methyl/N-ethyl adjacent to an activating group) is 1. The summed E-state index contributed by atoms with van der Waals surface area (Å²) in [5.74, 6) is -4.64. The van der Waals surface area contributed by atoms with Gasteiger partial charge in [-0.2, -0.15) is 0 Å². The van der Waals surface area contributed by atoms with Crippen molar-refractivity contribution >= 4 is 39.8 Å². The Morgan fingerprint density at radius 2 is 1.87 bits per heavy atom. The van der Waals surface area contributed by atoms with Crippen LogP contribution < -0.4 is 21.8 Å². The van der Waals surface area contributed by atoms with E-state index in [1.54, 1.807) is 0 Å². The van der Waals surface area contributed by atoms with Gasteiger partial charge in [0.1, 0.15) is 23.0 Å². The number of nitrogens with two attached hydrogens (primary N) is 2. The van der Waals surface area contributed by atoms with Crippen molar-refractivity contribution in [1.29, 1.82) is 0 Å². The molecule has 0 radical (unpaired) electrons. The average molecular weight is 441 g/mol. The fourth-order valence-electron chi connectivity index (χ4n) is 3.14. The van der Waals surface area contributed by atoms with E-state index in [1.807, 2.05) is 0 Å². The van der Waals surface area contributed by atoms with Gasteiger partial charge in [0, 0.05) is 32.4 Å². The number of halogens is 4. The predicted octanol–water partition coefficient (Wildman–Crippen LogP) is 2.74. The van der Waals surface area contributed by atoms with Crippen LogP contribution in [0, 0.1) is 17.5 Å². The molecule has 0 saturated carbocycles. The summed E-state index contributed by atoms with van der Waals surface area (Å²) in [6, 6.07) is 2.25. The van der Waals surface area contributed by atoms with E-state index in [9.17, 15) is 27.9 Å². The molecule has 0 aliphatic heterocycles. The Labute approximate surface area is 172 Å². The largest absolute Gasteiger partial charge is 0.477 e. The van der Waals surface area contributed by atoms with Crippen molar-refractivity contribution in [2.75, 3.05) is 30.8 Å². The molecule has 1 aromatic heterocycles. The molecule has 1 heterocycles. The highest BCUT2D eigenvalue weighted by Crippen LogP contribution is 2.36. The maximum Gasteiger partial charge on any atom is 0.341 e. The van der Waals surface area contributed by atoms with Gasteiger partial charge in [0.2, 0.25) is 5.43 Å². The van der Waals surface area contributed by atoms with Gasteiger partial charge in [-0.3, -0.25) is 4.79 Å². The lowest BCUT2D eigenvalue weighted by Gasteiger charge is -2.23. The molecule has 5 N–H and O–H groups in total. The molecule has 0 unspecified atom stereocenters. The lowest BCUT2D eigenvalue weighted by molar-refractivity contribution is 0.0695. The lowest BCUT2D eigenvalue weighted by Crippen LogP contribution is -2.27. The second kappa shape index (κ2) is 7.88. The summed E-state index contributed by atoms with van der Waals surface area (Å²) in [6.07, 6.45) is 0.833. The van der Waals surface area contributed by atoms with Crippen LogP contribution in [0.25, 0.3) is 16.6 Å². The number of hydrogen-bond donors (Lipinski definition) is 3. The molecule has 0 atom stereocenters. The van der Waals surface area contributed by atoms with Gasteiger partial charge in [0.15, 0.2) is 0 Å². The molecule has 2 aromatic carbocycles. The highest BCUT2D eigenvalue weighted by molar-refractivity contribution is 6.38. The zero-order valence-corrected chi connectivity index (χ0v) is 16.3. The third-order valence-electron chi connectivity index (χ3n) is 4.56. The monoisotopic (exact) mass is 440 g/mol. The minimum absolute atomic E-state index is 0.124. The first-order chi connectivity index (χ1) is 14.1. The molecule has 0 spiro atoms. The number of carboxylic acid groups (broad SMARTS) is 1. The molecule has 0 saturated heterocycles. The second-order valence-corrected chi connectivity index (χ2v) is 6.88. The summed E-state index contributed by atoms with van der Waals surface area (Å²) in [7, 11) is 1.51. The number of nitrogens with zero attached hydrogens (tertiary/aromatic N) is 2. The zero-order valence-electron chi connectivity index (χ0n) is 15.5. The topological polar surface area (TPSA) is 115 Å². The van der Waals surface area contributed by atoms with Crippen LogP contribution in [-0.2, 0) is 0 Å². The molecule has 3 rings (SSSR count). The Hall–Kier alpha value is -3.24. The van der Waals surface area contributed by atoms with Gasteiger partial charge in [-0.25, -0.2) is 18.0 Å². The maximum atomic E-state index is 14.8. The van der Waals surface area contributed by atoms with Crippen LogP contribution in [0.5, 0.6) is 0 Å². The van der Waals surface area contributed by atoms with Crippen molar-refractivity contribution in [3.05, 3.63) is 62.7 Å². The Kier molecular flexibility index (Phi) is 5.64. The van der Waals surface area contributed by atoms with Crippen molar-refractivity contribution in [3.8, 4) is 5.69 Å². The van der Waals surface area contributed by atoms with Crippen LogP contribution in [0.15, 0.2) is 29.2 Å².